The second-order valence-corrected chi connectivity index (χ2v) is 8.48. The highest BCUT2D eigenvalue weighted by molar-refractivity contribution is 7.98. The van der Waals surface area contributed by atoms with Crippen LogP contribution in [-0.2, 0) is 15.8 Å². The molecule has 7 heteroatoms. The van der Waals surface area contributed by atoms with Crippen molar-refractivity contribution in [1.82, 2.24) is 5.32 Å². The lowest BCUT2D eigenvalue weighted by molar-refractivity contribution is 0.0940. The van der Waals surface area contributed by atoms with Gasteiger partial charge in [-0.05, 0) is 48.1 Å². The predicted molar refractivity (Wildman–Crippen MR) is 102 cm³/mol. The summed E-state index contributed by atoms with van der Waals surface area (Å²) in [5.41, 5.74) is 2.59. The standard InChI is InChI=1S/C18H22N2O3S2/c1-3-24-12-14-4-6-16(7-5-14)18(21)20-13(2)15-8-10-17(11-9-15)25(19,22)23/h4-11,13H,3,12H2,1-2H3,(H,20,21)(H2,19,22,23). The van der Waals surface area contributed by atoms with Crippen molar-refractivity contribution in [3.8, 4) is 0 Å². The molecule has 5 nitrogen and oxygen atoms in total. The molecule has 0 radical (unpaired) electrons. The Hall–Kier alpha value is -1.83. The van der Waals surface area contributed by atoms with Gasteiger partial charge in [-0.1, -0.05) is 31.2 Å². The van der Waals surface area contributed by atoms with Crippen LogP contribution in [0.2, 0.25) is 0 Å². The van der Waals surface area contributed by atoms with E-state index < -0.39 is 10.0 Å². The average Bonchev–Trinajstić information content (AvgIpc) is 2.59. The van der Waals surface area contributed by atoms with Crippen LogP contribution in [0.25, 0.3) is 0 Å². The first-order chi connectivity index (χ1) is 11.8. The summed E-state index contributed by atoms with van der Waals surface area (Å²) >= 11 is 1.83. The van der Waals surface area contributed by atoms with Crippen molar-refractivity contribution >= 4 is 27.7 Å². The zero-order chi connectivity index (χ0) is 18.4. The maximum absolute atomic E-state index is 12.3. The van der Waals surface area contributed by atoms with Gasteiger partial charge in [-0.15, -0.1) is 0 Å². The van der Waals surface area contributed by atoms with Crippen LogP contribution in [-0.4, -0.2) is 20.1 Å². The zero-order valence-corrected chi connectivity index (χ0v) is 15.9. The molecule has 2 aromatic carbocycles. The minimum absolute atomic E-state index is 0.0512. The summed E-state index contributed by atoms with van der Waals surface area (Å²) in [6.07, 6.45) is 0. The molecule has 1 amide bonds. The number of benzene rings is 2. The Labute approximate surface area is 153 Å². The fourth-order valence-electron chi connectivity index (χ4n) is 2.28. The normalized spacial score (nSPS) is 12.6. The lowest BCUT2D eigenvalue weighted by Gasteiger charge is -2.15. The summed E-state index contributed by atoms with van der Waals surface area (Å²) in [5.74, 6) is 1.83. The summed E-state index contributed by atoms with van der Waals surface area (Å²) in [4.78, 5) is 12.4. The minimum Gasteiger partial charge on any atom is -0.346 e. The average molecular weight is 379 g/mol. The molecule has 1 unspecified atom stereocenters. The SMILES string of the molecule is CCSCc1ccc(C(=O)NC(C)c2ccc(S(N)(=O)=O)cc2)cc1. The number of amides is 1. The van der Waals surface area contributed by atoms with E-state index in [9.17, 15) is 13.2 Å². The number of hydrogen-bond acceptors (Lipinski definition) is 4. The number of thioether (sulfide) groups is 1. The Morgan fingerprint density at radius 1 is 1.12 bits per heavy atom. The highest BCUT2D eigenvalue weighted by Gasteiger charge is 2.13. The first-order valence-electron chi connectivity index (χ1n) is 7.91. The summed E-state index contributed by atoms with van der Waals surface area (Å²) in [6.45, 7) is 3.96. The molecule has 2 aromatic rings. The van der Waals surface area contributed by atoms with Crippen molar-refractivity contribution in [2.75, 3.05) is 5.75 Å². The highest BCUT2D eigenvalue weighted by Crippen LogP contribution is 2.17. The second kappa shape index (κ2) is 8.51. The van der Waals surface area contributed by atoms with Crippen LogP contribution in [0.15, 0.2) is 53.4 Å². The summed E-state index contributed by atoms with van der Waals surface area (Å²) in [5, 5.41) is 7.99. The number of carbonyl (C=O) groups excluding carboxylic acids is 1. The van der Waals surface area contributed by atoms with Gasteiger partial charge in [0.15, 0.2) is 0 Å². The first-order valence-corrected chi connectivity index (χ1v) is 10.6. The van der Waals surface area contributed by atoms with Crippen molar-refractivity contribution in [2.24, 2.45) is 5.14 Å². The third-order valence-electron chi connectivity index (χ3n) is 3.75. The molecular formula is C18H22N2O3S2. The van der Waals surface area contributed by atoms with Gasteiger partial charge < -0.3 is 5.32 Å². The third-order valence-corrected chi connectivity index (χ3v) is 5.62. The Bertz CT molecular complexity index is 816. The van der Waals surface area contributed by atoms with E-state index in [1.165, 1.54) is 17.7 Å². The lowest BCUT2D eigenvalue weighted by atomic mass is 10.1. The van der Waals surface area contributed by atoms with Gasteiger partial charge in [0, 0.05) is 11.3 Å². The second-order valence-electron chi connectivity index (χ2n) is 5.64. The van der Waals surface area contributed by atoms with Gasteiger partial charge in [-0.3, -0.25) is 4.79 Å². The molecule has 25 heavy (non-hydrogen) atoms. The number of nitrogens with two attached hydrogens (primary N) is 1. The molecule has 0 saturated carbocycles. The molecule has 0 spiro atoms. The maximum atomic E-state index is 12.3. The van der Waals surface area contributed by atoms with E-state index in [1.54, 1.807) is 12.1 Å². The predicted octanol–water partition coefficient (Wildman–Crippen LogP) is 3.08. The summed E-state index contributed by atoms with van der Waals surface area (Å²) < 4.78 is 22.6. The van der Waals surface area contributed by atoms with Gasteiger partial charge >= 0.3 is 0 Å². The number of rotatable bonds is 7. The molecule has 134 valence electrons. The number of nitrogens with one attached hydrogen (secondary N) is 1. The van der Waals surface area contributed by atoms with Gasteiger partial charge in [0.05, 0.1) is 10.9 Å². The van der Waals surface area contributed by atoms with Crippen molar-refractivity contribution in [1.29, 1.82) is 0 Å². The minimum atomic E-state index is -3.71. The smallest absolute Gasteiger partial charge is 0.251 e. The van der Waals surface area contributed by atoms with Crippen LogP contribution in [0.5, 0.6) is 0 Å². The molecule has 0 fully saturated rings. The van der Waals surface area contributed by atoms with Crippen LogP contribution in [0, 0.1) is 0 Å². The molecule has 0 heterocycles. The lowest BCUT2D eigenvalue weighted by Crippen LogP contribution is -2.26. The van der Waals surface area contributed by atoms with E-state index in [-0.39, 0.29) is 16.8 Å². The number of hydrogen-bond donors (Lipinski definition) is 2. The fraction of sp³-hybridized carbons (Fsp3) is 0.278. The molecule has 3 N–H and O–H groups in total. The molecule has 1 atom stereocenters. The maximum Gasteiger partial charge on any atom is 0.251 e. The number of carbonyl (C=O) groups is 1. The summed E-state index contributed by atoms with van der Waals surface area (Å²) in [7, 11) is -3.71. The van der Waals surface area contributed by atoms with Gasteiger partial charge in [-0.25, -0.2) is 13.6 Å². The molecule has 0 aliphatic heterocycles. The largest absolute Gasteiger partial charge is 0.346 e. The van der Waals surface area contributed by atoms with Crippen molar-refractivity contribution in [3.63, 3.8) is 0 Å². The van der Waals surface area contributed by atoms with E-state index in [0.29, 0.717) is 5.56 Å². The van der Waals surface area contributed by atoms with E-state index in [0.717, 1.165) is 17.1 Å². The molecule has 0 saturated heterocycles. The fourth-order valence-corrected chi connectivity index (χ4v) is 3.43. The van der Waals surface area contributed by atoms with Gasteiger partial charge in [0.25, 0.3) is 5.91 Å². The Kier molecular flexibility index (Phi) is 6.64. The third kappa shape index (κ3) is 5.59. The van der Waals surface area contributed by atoms with Crippen LogP contribution >= 0.6 is 11.8 Å². The molecule has 0 bridgehead atoms. The van der Waals surface area contributed by atoms with E-state index >= 15 is 0 Å². The Balaban J connectivity index is 2.02. The van der Waals surface area contributed by atoms with Crippen molar-refractivity contribution in [3.05, 3.63) is 65.2 Å². The summed E-state index contributed by atoms with van der Waals surface area (Å²) in [6, 6.07) is 13.5. The van der Waals surface area contributed by atoms with Crippen LogP contribution in [0.4, 0.5) is 0 Å². The number of sulfonamides is 1. The Morgan fingerprint density at radius 2 is 1.72 bits per heavy atom. The Morgan fingerprint density at radius 3 is 2.24 bits per heavy atom. The van der Waals surface area contributed by atoms with Gasteiger partial charge in [-0.2, -0.15) is 11.8 Å². The van der Waals surface area contributed by atoms with Gasteiger partial charge in [0.1, 0.15) is 0 Å². The molecular weight excluding hydrogens is 356 g/mol. The monoisotopic (exact) mass is 378 g/mol. The molecule has 0 aliphatic rings. The molecule has 0 aromatic heterocycles. The van der Waals surface area contributed by atoms with E-state index in [1.807, 2.05) is 43.0 Å². The highest BCUT2D eigenvalue weighted by atomic mass is 32.2. The molecule has 0 aliphatic carbocycles. The van der Waals surface area contributed by atoms with Gasteiger partial charge in [0.2, 0.25) is 10.0 Å². The van der Waals surface area contributed by atoms with Crippen LogP contribution in [0.3, 0.4) is 0 Å². The van der Waals surface area contributed by atoms with E-state index in [4.69, 9.17) is 5.14 Å². The topological polar surface area (TPSA) is 89.3 Å². The molecule has 2 rings (SSSR count). The van der Waals surface area contributed by atoms with Crippen molar-refractivity contribution in [2.45, 2.75) is 30.5 Å². The quantitative estimate of drug-likeness (QED) is 0.775. The zero-order valence-electron chi connectivity index (χ0n) is 14.2. The number of primary sulfonamides is 1. The van der Waals surface area contributed by atoms with E-state index in [2.05, 4.69) is 12.2 Å². The van der Waals surface area contributed by atoms with Crippen LogP contribution in [0.1, 0.15) is 41.4 Å². The first kappa shape index (κ1) is 19.5. The van der Waals surface area contributed by atoms with Crippen molar-refractivity contribution < 1.29 is 13.2 Å². The van der Waals surface area contributed by atoms with Crippen LogP contribution < -0.4 is 10.5 Å².